The van der Waals surface area contributed by atoms with Crippen molar-refractivity contribution in [1.82, 2.24) is 19.5 Å². The molecule has 0 unspecified atom stereocenters. The number of hydrogen-bond donors (Lipinski definition) is 1. The van der Waals surface area contributed by atoms with E-state index in [-0.39, 0.29) is 0 Å². The Morgan fingerprint density at radius 2 is 2.17 bits per heavy atom. The number of aryl methyl sites for hydroxylation is 2. The van der Waals surface area contributed by atoms with Gasteiger partial charge in [-0.2, -0.15) is 0 Å². The lowest BCUT2D eigenvalue weighted by Gasteiger charge is -2.04. The number of rotatable bonds is 2. The summed E-state index contributed by atoms with van der Waals surface area (Å²) >= 11 is 1.63. The molecule has 0 spiro atoms. The summed E-state index contributed by atoms with van der Waals surface area (Å²) in [6, 6.07) is 1.99. The van der Waals surface area contributed by atoms with Gasteiger partial charge in [0.05, 0.1) is 17.7 Å². The van der Waals surface area contributed by atoms with Gasteiger partial charge in [-0.3, -0.25) is 4.57 Å². The summed E-state index contributed by atoms with van der Waals surface area (Å²) in [6.45, 7) is 4.67. The van der Waals surface area contributed by atoms with Gasteiger partial charge in [-0.25, -0.2) is 15.0 Å². The monoisotopic (exact) mass is 259 g/mol. The van der Waals surface area contributed by atoms with Gasteiger partial charge >= 0.3 is 0 Å². The summed E-state index contributed by atoms with van der Waals surface area (Å²) in [4.78, 5) is 14.2. The molecule has 3 heterocycles. The Morgan fingerprint density at radius 3 is 2.89 bits per heavy atom. The predicted molar refractivity (Wildman–Crippen MR) is 72.6 cm³/mol. The molecular weight excluding hydrogens is 246 g/mol. The molecule has 3 aromatic rings. The second kappa shape index (κ2) is 4.06. The lowest BCUT2D eigenvalue weighted by atomic mass is 10.3. The van der Waals surface area contributed by atoms with Crippen LogP contribution >= 0.6 is 11.3 Å². The van der Waals surface area contributed by atoms with Crippen LogP contribution in [0.4, 0.5) is 5.95 Å². The van der Waals surface area contributed by atoms with Crippen LogP contribution in [0.2, 0.25) is 0 Å². The zero-order chi connectivity index (χ0) is 12.7. The predicted octanol–water partition coefficient (Wildman–Crippen LogP) is 2.14. The van der Waals surface area contributed by atoms with Crippen LogP contribution in [-0.4, -0.2) is 19.5 Å². The first-order chi connectivity index (χ1) is 8.65. The van der Waals surface area contributed by atoms with Crippen LogP contribution in [0, 0.1) is 13.8 Å². The van der Waals surface area contributed by atoms with Crippen LogP contribution in [0.1, 0.15) is 16.1 Å². The highest BCUT2D eigenvalue weighted by molar-refractivity contribution is 7.09. The van der Waals surface area contributed by atoms with Crippen LogP contribution in [0.5, 0.6) is 0 Å². The van der Waals surface area contributed by atoms with E-state index in [1.54, 1.807) is 11.3 Å². The Morgan fingerprint density at radius 1 is 1.33 bits per heavy atom. The number of nitrogen functional groups attached to an aromatic ring is 1. The summed E-state index contributed by atoms with van der Waals surface area (Å²) < 4.78 is 1.93. The van der Waals surface area contributed by atoms with E-state index in [0.717, 1.165) is 22.4 Å². The lowest BCUT2D eigenvalue weighted by Crippen LogP contribution is -2.05. The molecule has 92 valence electrons. The van der Waals surface area contributed by atoms with Crippen LogP contribution in [0.15, 0.2) is 17.8 Å². The number of pyridine rings is 1. The highest BCUT2D eigenvalue weighted by Crippen LogP contribution is 2.21. The first-order valence-corrected chi connectivity index (χ1v) is 6.50. The van der Waals surface area contributed by atoms with Gasteiger partial charge in [0.1, 0.15) is 5.52 Å². The molecule has 6 heteroatoms. The average molecular weight is 259 g/mol. The molecule has 0 aliphatic rings. The summed E-state index contributed by atoms with van der Waals surface area (Å²) in [5.74, 6) is 0.496. The number of hydrogen-bond acceptors (Lipinski definition) is 5. The quantitative estimate of drug-likeness (QED) is 0.765. The largest absolute Gasteiger partial charge is 0.369 e. The first-order valence-electron chi connectivity index (χ1n) is 5.62. The minimum absolute atomic E-state index is 0.496. The number of aromatic nitrogens is 4. The molecule has 0 aliphatic heterocycles. The Balaban J connectivity index is 2.11. The Hall–Kier alpha value is -1.95. The van der Waals surface area contributed by atoms with E-state index in [1.165, 1.54) is 4.88 Å². The molecule has 2 N–H and O–H groups in total. The van der Waals surface area contributed by atoms with Crippen molar-refractivity contribution in [2.75, 3.05) is 5.73 Å². The number of imidazole rings is 1. The van der Waals surface area contributed by atoms with Crippen LogP contribution in [-0.2, 0) is 6.54 Å². The zero-order valence-corrected chi connectivity index (χ0v) is 11.0. The van der Waals surface area contributed by atoms with Gasteiger partial charge in [0.2, 0.25) is 5.95 Å². The molecule has 3 rings (SSSR count). The maximum atomic E-state index is 5.97. The topological polar surface area (TPSA) is 69.6 Å². The molecule has 18 heavy (non-hydrogen) atoms. The standard InChI is InChI=1S/C12H13N5S/c1-7-3-9-11(14-4-7)17(12(13)16-9)5-10-8(2)15-6-18-10/h3-4,6H,5H2,1-2H3,(H2,13,16). The maximum absolute atomic E-state index is 5.97. The fourth-order valence-electron chi connectivity index (χ4n) is 1.91. The average Bonchev–Trinajstić information content (AvgIpc) is 2.85. The molecule has 0 aromatic carbocycles. The Labute approximate surface area is 108 Å². The smallest absolute Gasteiger partial charge is 0.202 e. The number of fused-ring (bicyclic) bond motifs is 1. The molecule has 0 atom stereocenters. The zero-order valence-electron chi connectivity index (χ0n) is 10.2. The SMILES string of the molecule is Cc1cnc2c(c1)nc(N)n2Cc1scnc1C. The second-order valence-corrected chi connectivity index (χ2v) is 5.21. The molecule has 0 fully saturated rings. The van der Waals surface area contributed by atoms with Crippen molar-refractivity contribution < 1.29 is 0 Å². The molecule has 0 amide bonds. The van der Waals surface area contributed by atoms with Crippen molar-refractivity contribution in [2.24, 2.45) is 0 Å². The minimum Gasteiger partial charge on any atom is -0.369 e. The van der Waals surface area contributed by atoms with Crippen LogP contribution in [0.25, 0.3) is 11.2 Å². The van der Waals surface area contributed by atoms with E-state index >= 15 is 0 Å². The van der Waals surface area contributed by atoms with E-state index in [9.17, 15) is 0 Å². The fraction of sp³-hybridized carbons (Fsp3) is 0.250. The molecule has 3 aromatic heterocycles. The van der Waals surface area contributed by atoms with Gasteiger partial charge in [0.15, 0.2) is 5.65 Å². The van der Waals surface area contributed by atoms with Crippen molar-refractivity contribution in [3.05, 3.63) is 33.9 Å². The van der Waals surface area contributed by atoms with Gasteiger partial charge in [-0.15, -0.1) is 11.3 Å². The third-order valence-corrected chi connectivity index (χ3v) is 3.82. The summed E-state index contributed by atoms with van der Waals surface area (Å²) in [6.07, 6.45) is 1.83. The van der Waals surface area contributed by atoms with E-state index in [1.807, 2.05) is 36.2 Å². The molecule has 0 radical (unpaired) electrons. The van der Waals surface area contributed by atoms with E-state index in [4.69, 9.17) is 5.73 Å². The molecular formula is C12H13N5S. The fourth-order valence-corrected chi connectivity index (χ4v) is 2.67. The van der Waals surface area contributed by atoms with Crippen molar-refractivity contribution in [3.8, 4) is 0 Å². The van der Waals surface area contributed by atoms with Gasteiger partial charge < -0.3 is 5.73 Å². The number of nitrogens with zero attached hydrogens (tertiary/aromatic N) is 4. The molecule has 0 aliphatic carbocycles. The van der Waals surface area contributed by atoms with Crippen molar-refractivity contribution >= 4 is 28.4 Å². The third kappa shape index (κ3) is 1.74. The van der Waals surface area contributed by atoms with Crippen molar-refractivity contribution in [3.63, 3.8) is 0 Å². The Kier molecular flexibility index (Phi) is 2.52. The van der Waals surface area contributed by atoms with Crippen molar-refractivity contribution in [1.29, 1.82) is 0 Å². The van der Waals surface area contributed by atoms with Crippen molar-refractivity contribution in [2.45, 2.75) is 20.4 Å². The second-order valence-electron chi connectivity index (χ2n) is 4.27. The van der Waals surface area contributed by atoms with E-state index in [0.29, 0.717) is 12.5 Å². The summed E-state index contributed by atoms with van der Waals surface area (Å²) in [5.41, 5.74) is 11.6. The lowest BCUT2D eigenvalue weighted by molar-refractivity contribution is 0.832. The number of anilines is 1. The maximum Gasteiger partial charge on any atom is 0.202 e. The third-order valence-electron chi connectivity index (χ3n) is 2.90. The van der Waals surface area contributed by atoms with Crippen LogP contribution in [0.3, 0.4) is 0 Å². The highest BCUT2D eigenvalue weighted by atomic mass is 32.1. The molecule has 0 bridgehead atoms. The molecule has 5 nitrogen and oxygen atoms in total. The van der Waals surface area contributed by atoms with Gasteiger partial charge in [0.25, 0.3) is 0 Å². The van der Waals surface area contributed by atoms with Gasteiger partial charge in [-0.1, -0.05) is 0 Å². The number of thiazole rings is 1. The van der Waals surface area contributed by atoms with E-state index < -0.39 is 0 Å². The normalized spacial score (nSPS) is 11.2. The minimum atomic E-state index is 0.496. The first kappa shape index (κ1) is 11.2. The number of nitrogens with two attached hydrogens (primary N) is 1. The van der Waals surface area contributed by atoms with Gasteiger partial charge in [0, 0.05) is 11.1 Å². The molecule has 0 saturated heterocycles. The van der Waals surface area contributed by atoms with Crippen LogP contribution < -0.4 is 5.73 Å². The summed E-state index contributed by atoms with van der Waals surface area (Å²) in [5, 5.41) is 0. The van der Waals surface area contributed by atoms with E-state index in [2.05, 4.69) is 15.0 Å². The summed E-state index contributed by atoms with van der Waals surface area (Å²) in [7, 11) is 0. The Bertz CT molecular complexity index is 712. The highest BCUT2D eigenvalue weighted by Gasteiger charge is 2.12. The molecule has 0 saturated carbocycles. The van der Waals surface area contributed by atoms with Gasteiger partial charge in [-0.05, 0) is 25.5 Å².